The number of hydrogen-bond donors (Lipinski definition) is 2. The van der Waals surface area contributed by atoms with Gasteiger partial charge in [-0.25, -0.2) is 9.97 Å². The van der Waals surface area contributed by atoms with E-state index < -0.39 is 0 Å². The monoisotopic (exact) mass is 392 g/mol. The summed E-state index contributed by atoms with van der Waals surface area (Å²) in [5.41, 5.74) is 2.40. The molecule has 0 aliphatic heterocycles. The number of nitriles is 1. The number of nitrogens with zero attached hydrogens (tertiary/aromatic N) is 6. The molecule has 0 fully saturated rings. The van der Waals surface area contributed by atoms with Crippen LogP contribution in [0.4, 0.5) is 0 Å². The second-order valence-corrected chi connectivity index (χ2v) is 7.72. The van der Waals surface area contributed by atoms with Crippen molar-refractivity contribution in [3.63, 3.8) is 0 Å². The number of aromatic nitrogens is 4. The summed E-state index contributed by atoms with van der Waals surface area (Å²) in [5.74, 6) is 4.22. The van der Waals surface area contributed by atoms with Crippen LogP contribution < -0.4 is 10.6 Å². The lowest BCUT2D eigenvalue weighted by Crippen LogP contribution is -2.39. The Balaban J connectivity index is 1.56. The summed E-state index contributed by atoms with van der Waals surface area (Å²) >= 11 is 3.63. The number of guanidine groups is 1. The molecule has 140 valence electrons. The van der Waals surface area contributed by atoms with E-state index in [1.54, 1.807) is 0 Å². The van der Waals surface area contributed by atoms with Gasteiger partial charge in [0.2, 0.25) is 12.2 Å². The highest BCUT2D eigenvalue weighted by Crippen LogP contribution is 2.10. The van der Waals surface area contributed by atoms with E-state index in [-0.39, 0.29) is 0 Å². The van der Waals surface area contributed by atoms with Crippen molar-refractivity contribution in [2.45, 2.75) is 11.5 Å². The third kappa shape index (κ3) is 7.01. The van der Waals surface area contributed by atoms with E-state index in [0.717, 1.165) is 36.1 Å². The molecule has 2 aromatic rings. The van der Waals surface area contributed by atoms with E-state index in [2.05, 4.69) is 25.6 Å². The van der Waals surface area contributed by atoms with Crippen molar-refractivity contribution in [3.05, 3.63) is 36.4 Å². The molecular formula is C16H24N8S2. The van der Waals surface area contributed by atoms with Crippen molar-refractivity contribution in [1.82, 2.24) is 29.7 Å². The van der Waals surface area contributed by atoms with Crippen molar-refractivity contribution in [2.75, 3.05) is 24.6 Å². The molecule has 0 aromatic carbocycles. The highest BCUT2D eigenvalue weighted by molar-refractivity contribution is 7.98. The molecule has 0 saturated heterocycles. The van der Waals surface area contributed by atoms with E-state index in [9.17, 15) is 0 Å². The fraction of sp³-hybridized carbons (Fsp3) is 0.500. The maximum absolute atomic E-state index is 8.81. The van der Waals surface area contributed by atoms with Crippen LogP contribution in [0.25, 0.3) is 0 Å². The number of rotatable bonds is 10. The van der Waals surface area contributed by atoms with Gasteiger partial charge in [-0.3, -0.25) is 0 Å². The molecule has 0 unspecified atom stereocenters. The first-order valence-corrected chi connectivity index (χ1v) is 10.5. The molecule has 26 heavy (non-hydrogen) atoms. The Morgan fingerprint density at radius 3 is 1.92 bits per heavy atom. The SMILES string of the molecule is Cn1cncc1CSCCNC(=NC#N)NCCSCc1cncn1C. The van der Waals surface area contributed by atoms with Crippen molar-refractivity contribution < 1.29 is 0 Å². The molecule has 2 aromatic heterocycles. The number of nitrogens with one attached hydrogen (secondary N) is 2. The smallest absolute Gasteiger partial charge is 0.209 e. The van der Waals surface area contributed by atoms with Gasteiger partial charge in [-0.2, -0.15) is 28.8 Å². The minimum Gasteiger partial charge on any atom is -0.355 e. The van der Waals surface area contributed by atoms with Crippen LogP contribution in [0.1, 0.15) is 11.4 Å². The van der Waals surface area contributed by atoms with Gasteiger partial charge in [0, 0.05) is 74.0 Å². The summed E-state index contributed by atoms with van der Waals surface area (Å²) in [6.07, 6.45) is 9.22. The average Bonchev–Trinajstić information content (AvgIpc) is 3.22. The lowest BCUT2D eigenvalue weighted by molar-refractivity contribution is 0.858. The zero-order valence-electron chi connectivity index (χ0n) is 15.1. The van der Waals surface area contributed by atoms with Crippen molar-refractivity contribution >= 4 is 29.5 Å². The molecule has 0 radical (unpaired) electrons. The Morgan fingerprint density at radius 2 is 1.54 bits per heavy atom. The van der Waals surface area contributed by atoms with Gasteiger partial charge >= 0.3 is 0 Å². The van der Waals surface area contributed by atoms with Gasteiger partial charge in [0.25, 0.3) is 0 Å². The van der Waals surface area contributed by atoms with Crippen molar-refractivity contribution in [1.29, 1.82) is 5.26 Å². The molecule has 8 nitrogen and oxygen atoms in total. The second kappa shape index (κ2) is 11.5. The largest absolute Gasteiger partial charge is 0.355 e. The number of thioether (sulfide) groups is 2. The molecule has 2 N–H and O–H groups in total. The summed E-state index contributed by atoms with van der Waals surface area (Å²) in [6.45, 7) is 1.50. The fourth-order valence-corrected chi connectivity index (χ4v) is 3.83. The van der Waals surface area contributed by atoms with Gasteiger partial charge in [-0.05, 0) is 0 Å². The van der Waals surface area contributed by atoms with E-state index in [4.69, 9.17) is 5.26 Å². The molecule has 2 rings (SSSR count). The molecule has 0 aliphatic carbocycles. The van der Waals surface area contributed by atoms with Gasteiger partial charge in [-0.1, -0.05) is 0 Å². The van der Waals surface area contributed by atoms with Gasteiger partial charge in [0.05, 0.1) is 12.7 Å². The maximum atomic E-state index is 8.81. The Bertz CT molecular complexity index is 678. The Hall–Kier alpha value is -2.12. The number of hydrogen-bond acceptors (Lipinski definition) is 6. The van der Waals surface area contributed by atoms with Crippen LogP contribution in [0.5, 0.6) is 0 Å². The van der Waals surface area contributed by atoms with Crippen LogP contribution in [0.2, 0.25) is 0 Å². The first kappa shape index (κ1) is 20.2. The van der Waals surface area contributed by atoms with Gasteiger partial charge in [0.1, 0.15) is 0 Å². The molecule has 0 aliphatic rings. The summed E-state index contributed by atoms with van der Waals surface area (Å²) in [5, 5.41) is 15.2. The van der Waals surface area contributed by atoms with E-state index in [1.165, 1.54) is 11.4 Å². The van der Waals surface area contributed by atoms with Gasteiger partial charge in [0.15, 0.2) is 0 Å². The summed E-state index contributed by atoms with van der Waals surface area (Å²) in [4.78, 5) is 12.0. The average molecular weight is 393 g/mol. The van der Waals surface area contributed by atoms with Crippen LogP contribution in [0.15, 0.2) is 30.0 Å². The molecule has 0 spiro atoms. The lowest BCUT2D eigenvalue weighted by Gasteiger charge is -2.11. The molecular weight excluding hydrogens is 368 g/mol. The predicted octanol–water partition coefficient (Wildman–Crippen LogP) is 1.34. The van der Waals surface area contributed by atoms with Gasteiger partial charge in [-0.15, -0.1) is 4.99 Å². The Kier molecular flexibility index (Phi) is 8.92. The molecule has 0 amide bonds. The Labute approximate surface area is 162 Å². The lowest BCUT2D eigenvalue weighted by atomic mass is 10.5. The van der Waals surface area contributed by atoms with Gasteiger partial charge < -0.3 is 19.8 Å². The molecule has 0 saturated carbocycles. The maximum Gasteiger partial charge on any atom is 0.209 e. The molecule has 2 heterocycles. The van der Waals surface area contributed by atoms with E-state index in [0.29, 0.717) is 5.96 Å². The van der Waals surface area contributed by atoms with Crippen LogP contribution >= 0.6 is 23.5 Å². The summed E-state index contributed by atoms with van der Waals surface area (Å²) < 4.78 is 4.04. The van der Waals surface area contributed by atoms with Crippen molar-refractivity contribution in [3.8, 4) is 6.19 Å². The highest BCUT2D eigenvalue weighted by atomic mass is 32.2. The highest BCUT2D eigenvalue weighted by Gasteiger charge is 2.02. The van der Waals surface area contributed by atoms with E-state index >= 15 is 0 Å². The fourth-order valence-electron chi connectivity index (χ4n) is 2.08. The van der Waals surface area contributed by atoms with Crippen LogP contribution in [0.3, 0.4) is 0 Å². The minimum atomic E-state index is 0.537. The van der Waals surface area contributed by atoms with Crippen molar-refractivity contribution in [2.24, 2.45) is 19.1 Å². The quantitative estimate of drug-likeness (QED) is 0.273. The standard InChI is InChI=1S/C16H24N8S2/c1-23-12-18-7-14(23)9-25-5-3-20-16(22-11-17)21-4-6-26-10-15-8-19-13-24(15)2/h7-8,12-13H,3-6,9-10H2,1-2H3,(H2,20,21,22). The van der Waals surface area contributed by atoms with Crippen LogP contribution in [-0.4, -0.2) is 49.7 Å². The molecule has 0 atom stereocenters. The summed E-state index contributed by atoms with van der Waals surface area (Å²) in [7, 11) is 3.99. The third-order valence-electron chi connectivity index (χ3n) is 3.57. The van der Waals surface area contributed by atoms with E-state index in [1.807, 2.05) is 78.0 Å². The Morgan fingerprint density at radius 1 is 1.04 bits per heavy atom. The minimum absolute atomic E-state index is 0.537. The zero-order valence-corrected chi connectivity index (χ0v) is 16.7. The first-order chi connectivity index (χ1) is 12.7. The normalized spacial score (nSPS) is 10.3. The second-order valence-electron chi connectivity index (χ2n) is 5.51. The number of aliphatic imine (C=N–C) groups is 1. The topological polar surface area (TPSA) is 95.8 Å². The van der Waals surface area contributed by atoms with Crippen LogP contribution in [0, 0.1) is 11.5 Å². The third-order valence-corrected chi connectivity index (χ3v) is 5.56. The predicted molar refractivity (Wildman–Crippen MR) is 108 cm³/mol. The number of aryl methyl sites for hydroxylation is 2. The molecule has 10 heteroatoms. The van der Waals surface area contributed by atoms with Crippen LogP contribution in [-0.2, 0) is 25.6 Å². The zero-order chi connectivity index (χ0) is 18.6. The summed E-state index contributed by atoms with van der Waals surface area (Å²) in [6, 6.07) is 0. The first-order valence-electron chi connectivity index (χ1n) is 8.21. The number of imidazole rings is 2. The molecule has 0 bridgehead atoms.